The molecule has 0 bridgehead atoms. The summed E-state index contributed by atoms with van der Waals surface area (Å²) in [6, 6.07) is 19.6. The van der Waals surface area contributed by atoms with Gasteiger partial charge in [0.25, 0.3) is 0 Å². The van der Waals surface area contributed by atoms with Crippen LogP contribution in [-0.2, 0) is 0 Å². The van der Waals surface area contributed by atoms with Crippen LogP contribution in [0.3, 0.4) is 0 Å². The Balaban J connectivity index is 1.79. The van der Waals surface area contributed by atoms with Crippen molar-refractivity contribution in [1.29, 1.82) is 0 Å². The lowest BCUT2D eigenvalue weighted by Gasteiger charge is -2.06. The number of furan rings is 2. The van der Waals surface area contributed by atoms with Gasteiger partial charge >= 0.3 is 0 Å². The van der Waals surface area contributed by atoms with Gasteiger partial charge in [-0.2, -0.15) is 0 Å². The molecule has 2 aromatic carbocycles. The summed E-state index contributed by atoms with van der Waals surface area (Å²) in [6.45, 7) is 0. The number of benzene rings is 2. The second kappa shape index (κ2) is 7.37. The third-order valence-corrected chi connectivity index (χ3v) is 4.77. The van der Waals surface area contributed by atoms with E-state index in [4.69, 9.17) is 18.3 Å². The average Bonchev–Trinajstić information content (AvgIpc) is 3.34. The van der Waals surface area contributed by atoms with E-state index in [-0.39, 0.29) is 0 Å². The second-order valence-electron chi connectivity index (χ2n) is 5.91. The smallest absolute Gasteiger partial charge is 0.179 e. The molecule has 2 heterocycles. The van der Waals surface area contributed by atoms with Crippen molar-refractivity contribution in [1.82, 2.24) is 0 Å². The molecule has 4 rings (SSSR count). The van der Waals surface area contributed by atoms with Gasteiger partial charge in [0, 0.05) is 11.1 Å². The van der Waals surface area contributed by atoms with Crippen LogP contribution < -0.4 is 9.47 Å². The molecule has 0 saturated heterocycles. The third-order valence-electron chi connectivity index (χ3n) is 4.38. The summed E-state index contributed by atoms with van der Waals surface area (Å²) in [6.07, 6.45) is 1.67. The number of halogens is 1. The van der Waals surface area contributed by atoms with Crippen LogP contribution in [0.15, 0.2) is 80.4 Å². The Bertz CT molecular complexity index is 1040. The molecule has 0 fully saturated rings. The fourth-order valence-electron chi connectivity index (χ4n) is 3.00. The first-order valence-electron chi connectivity index (χ1n) is 8.35. The monoisotopic (exact) mass is 424 g/mol. The first-order valence-corrected chi connectivity index (χ1v) is 9.15. The van der Waals surface area contributed by atoms with Gasteiger partial charge in [-0.05, 0) is 63.5 Å². The normalized spacial score (nSPS) is 10.8. The molecule has 0 spiro atoms. The molecule has 4 nitrogen and oxygen atoms in total. The molecule has 27 heavy (non-hydrogen) atoms. The molecule has 4 aromatic rings. The van der Waals surface area contributed by atoms with E-state index in [2.05, 4.69) is 15.9 Å². The summed E-state index contributed by atoms with van der Waals surface area (Å²) in [7, 11) is 3.30. The molecule has 0 radical (unpaired) electrons. The van der Waals surface area contributed by atoms with Crippen molar-refractivity contribution in [2.75, 3.05) is 14.2 Å². The van der Waals surface area contributed by atoms with Crippen molar-refractivity contribution < 1.29 is 18.3 Å². The molecular weight excluding hydrogens is 408 g/mol. The maximum atomic E-state index is 5.94. The zero-order valence-electron chi connectivity index (χ0n) is 14.9. The number of methoxy groups -OCH3 is 2. The molecule has 0 unspecified atom stereocenters. The van der Waals surface area contributed by atoms with Gasteiger partial charge in [-0.3, -0.25) is 0 Å². The average molecular weight is 425 g/mol. The molecule has 0 aliphatic rings. The Hall–Kier alpha value is -2.92. The second-order valence-corrected chi connectivity index (χ2v) is 6.70. The fraction of sp³-hybridized carbons (Fsp3) is 0.0909. The lowest BCUT2D eigenvalue weighted by atomic mass is 10.0. The van der Waals surface area contributed by atoms with Crippen LogP contribution in [0.2, 0.25) is 0 Å². The summed E-state index contributed by atoms with van der Waals surface area (Å²) < 4.78 is 22.9. The van der Waals surface area contributed by atoms with Crippen LogP contribution in [0, 0.1) is 0 Å². The summed E-state index contributed by atoms with van der Waals surface area (Å²) in [5, 5.41) is 0. The van der Waals surface area contributed by atoms with E-state index in [0.717, 1.165) is 33.8 Å². The topological polar surface area (TPSA) is 44.7 Å². The lowest BCUT2D eigenvalue weighted by Crippen LogP contribution is -1.85. The van der Waals surface area contributed by atoms with Gasteiger partial charge in [-0.15, -0.1) is 0 Å². The number of hydrogen-bond acceptors (Lipinski definition) is 4. The first kappa shape index (κ1) is 17.5. The van der Waals surface area contributed by atoms with Crippen LogP contribution in [0.1, 0.15) is 0 Å². The van der Waals surface area contributed by atoms with Gasteiger partial charge in [-0.1, -0.05) is 24.3 Å². The molecule has 0 N–H and O–H groups in total. The van der Waals surface area contributed by atoms with Crippen molar-refractivity contribution in [2.45, 2.75) is 0 Å². The minimum Gasteiger partial charge on any atom is -0.497 e. The van der Waals surface area contributed by atoms with Crippen LogP contribution in [-0.4, -0.2) is 14.2 Å². The van der Waals surface area contributed by atoms with E-state index in [1.165, 1.54) is 0 Å². The zero-order chi connectivity index (χ0) is 18.8. The molecule has 136 valence electrons. The maximum absolute atomic E-state index is 5.94. The van der Waals surface area contributed by atoms with Gasteiger partial charge in [-0.25, -0.2) is 0 Å². The van der Waals surface area contributed by atoms with E-state index in [1.54, 1.807) is 20.5 Å². The molecule has 2 aromatic heterocycles. The SMILES string of the molecule is COc1ccc(-c2ccoc2-c2oc(Br)cc2-c2ccc(OC)cc2)cc1. The van der Waals surface area contributed by atoms with Gasteiger partial charge in [0.15, 0.2) is 16.2 Å². The largest absolute Gasteiger partial charge is 0.497 e. The summed E-state index contributed by atoms with van der Waals surface area (Å²) in [5.41, 5.74) is 3.92. The summed E-state index contributed by atoms with van der Waals surface area (Å²) in [5.74, 6) is 2.96. The molecule has 0 saturated carbocycles. The van der Waals surface area contributed by atoms with Crippen LogP contribution in [0.4, 0.5) is 0 Å². The van der Waals surface area contributed by atoms with Crippen molar-refractivity contribution >= 4 is 15.9 Å². The van der Waals surface area contributed by atoms with Crippen LogP contribution >= 0.6 is 15.9 Å². The van der Waals surface area contributed by atoms with E-state index in [9.17, 15) is 0 Å². The van der Waals surface area contributed by atoms with E-state index in [1.807, 2.05) is 60.7 Å². The summed E-state index contributed by atoms with van der Waals surface area (Å²) in [4.78, 5) is 0. The predicted octanol–water partition coefficient (Wildman–Crippen LogP) is 6.65. The van der Waals surface area contributed by atoms with Crippen molar-refractivity contribution in [3.05, 3.63) is 71.6 Å². The molecule has 0 atom stereocenters. The lowest BCUT2D eigenvalue weighted by molar-refractivity contribution is 0.415. The van der Waals surface area contributed by atoms with Gasteiger partial charge < -0.3 is 18.3 Å². The van der Waals surface area contributed by atoms with Gasteiger partial charge in [0.2, 0.25) is 0 Å². The van der Waals surface area contributed by atoms with E-state index < -0.39 is 0 Å². The Morgan fingerprint density at radius 3 is 1.81 bits per heavy atom. The highest BCUT2D eigenvalue weighted by atomic mass is 79.9. The standard InChI is InChI=1S/C22H17BrO4/c1-24-16-7-3-14(4-8-16)18-11-12-26-21(18)22-19(13-20(23)27-22)15-5-9-17(25-2)10-6-15/h3-13H,1-2H3. The highest BCUT2D eigenvalue weighted by Gasteiger charge is 2.21. The molecular formula is C22H17BrO4. The number of hydrogen-bond donors (Lipinski definition) is 0. The highest BCUT2D eigenvalue weighted by Crippen LogP contribution is 2.42. The van der Waals surface area contributed by atoms with Gasteiger partial charge in [0.1, 0.15) is 11.5 Å². The Labute approximate surface area is 165 Å². The highest BCUT2D eigenvalue weighted by molar-refractivity contribution is 9.10. The number of ether oxygens (including phenoxy) is 2. The van der Waals surface area contributed by atoms with Crippen LogP contribution in [0.5, 0.6) is 11.5 Å². The molecule has 0 amide bonds. The van der Waals surface area contributed by atoms with Crippen molar-refractivity contribution in [3.8, 4) is 45.3 Å². The van der Waals surface area contributed by atoms with Crippen LogP contribution in [0.25, 0.3) is 33.8 Å². The van der Waals surface area contributed by atoms with Gasteiger partial charge in [0.05, 0.1) is 20.5 Å². The van der Waals surface area contributed by atoms with E-state index in [0.29, 0.717) is 16.2 Å². The minimum absolute atomic E-state index is 0.639. The van der Waals surface area contributed by atoms with E-state index >= 15 is 0 Å². The molecule has 0 aliphatic heterocycles. The molecule has 0 aliphatic carbocycles. The maximum Gasteiger partial charge on any atom is 0.179 e. The first-order chi connectivity index (χ1) is 13.2. The minimum atomic E-state index is 0.639. The Morgan fingerprint density at radius 2 is 1.26 bits per heavy atom. The third kappa shape index (κ3) is 3.38. The predicted molar refractivity (Wildman–Crippen MR) is 108 cm³/mol. The Kier molecular flexibility index (Phi) is 4.77. The van der Waals surface area contributed by atoms with Crippen molar-refractivity contribution in [2.24, 2.45) is 0 Å². The zero-order valence-corrected chi connectivity index (χ0v) is 16.4. The Morgan fingerprint density at radius 1 is 0.704 bits per heavy atom. The quantitative estimate of drug-likeness (QED) is 0.359. The van der Waals surface area contributed by atoms with Crippen molar-refractivity contribution in [3.63, 3.8) is 0 Å². The number of rotatable bonds is 5. The molecule has 5 heteroatoms. The summed E-state index contributed by atoms with van der Waals surface area (Å²) >= 11 is 3.44. The fourth-order valence-corrected chi connectivity index (χ4v) is 3.39.